The molecule has 0 heterocycles. The highest BCUT2D eigenvalue weighted by molar-refractivity contribution is 7.98. The Morgan fingerprint density at radius 3 is 2.32 bits per heavy atom. The van der Waals surface area contributed by atoms with Crippen LogP contribution in [0.25, 0.3) is 17.5 Å². The predicted octanol–water partition coefficient (Wildman–Crippen LogP) is 5.27. The van der Waals surface area contributed by atoms with Gasteiger partial charge in [0.1, 0.15) is 5.83 Å². The molecule has 2 aromatic rings. The van der Waals surface area contributed by atoms with Crippen LogP contribution < -0.4 is 0 Å². The van der Waals surface area contributed by atoms with E-state index in [9.17, 15) is 4.39 Å². The number of benzene rings is 2. The second-order valence-electron chi connectivity index (χ2n) is 4.41. The third-order valence-corrected chi connectivity index (χ3v) is 3.96. The van der Waals surface area contributed by atoms with Gasteiger partial charge in [0.05, 0.1) is 0 Å². The fraction of sp³-hybridized carbons (Fsp3) is 0.0588. The molecule has 0 atom stereocenters. The summed E-state index contributed by atoms with van der Waals surface area (Å²) in [6, 6.07) is 15.9. The monoisotopic (exact) mass is 268 g/mol. The number of fused-ring (bicyclic) bond motifs is 1. The number of hydrogen-bond donors (Lipinski definition) is 0. The third-order valence-electron chi connectivity index (χ3n) is 3.22. The normalized spacial score (nSPS) is 15.5. The minimum absolute atomic E-state index is 0.150. The van der Waals surface area contributed by atoms with E-state index in [-0.39, 0.29) is 5.83 Å². The third kappa shape index (κ3) is 2.36. The summed E-state index contributed by atoms with van der Waals surface area (Å²) in [5.74, 6) is -0.150. The molecule has 0 spiro atoms. The maximum atomic E-state index is 13.8. The molecule has 0 radical (unpaired) electrons. The van der Waals surface area contributed by atoms with Gasteiger partial charge in [0.2, 0.25) is 0 Å². The summed E-state index contributed by atoms with van der Waals surface area (Å²) in [5.41, 5.74) is 3.68. The van der Waals surface area contributed by atoms with Crippen molar-refractivity contribution in [2.75, 3.05) is 6.26 Å². The van der Waals surface area contributed by atoms with Gasteiger partial charge in [0.15, 0.2) is 0 Å². The molecule has 0 saturated heterocycles. The minimum Gasteiger partial charge on any atom is -0.206 e. The lowest BCUT2D eigenvalue weighted by Crippen LogP contribution is -1.81. The summed E-state index contributed by atoms with van der Waals surface area (Å²) >= 11 is 1.72. The van der Waals surface area contributed by atoms with Gasteiger partial charge in [-0.25, -0.2) is 4.39 Å². The van der Waals surface area contributed by atoms with Gasteiger partial charge in [0, 0.05) is 10.5 Å². The molecule has 0 amide bonds. The summed E-state index contributed by atoms with van der Waals surface area (Å²) in [4.78, 5) is 1.23. The molecule has 0 unspecified atom stereocenters. The van der Waals surface area contributed by atoms with Gasteiger partial charge in [-0.15, -0.1) is 11.8 Å². The lowest BCUT2D eigenvalue weighted by Gasteiger charge is -2.02. The Labute approximate surface area is 116 Å². The summed E-state index contributed by atoms with van der Waals surface area (Å²) in [5, 5.41) is 0. The van der Waals surface area contributed by atoms with Crippen LogP contribution in [-0.4, -0.2) is 6.26 Å². The molecule has 0 aliphatic heterocycles. The molecule has 0 N–H and O–H groups in total. The highest BCUT2D eigenvalue weighted by Crippen LogP contribution is 2.36. The lowest BCUT2D eigenvalue weighted by atomic mass is 10.0. The molecule has 19 heavy (non-hydrogen) atoms. The average Bonchev–Trinajstić information content (AvgIpc) is 2.77. The van der Waals surface area contributed by atoms with Crippen LogP contribution in [0.4, 0.5) is 4.39 Å². The highest BCUT2D eigenvalue weighted by atomic mass is 32.2. The molecule has 2 heteroatoms. The van der Waals surface area contributed by atoms with Crippen LogP contribution in [0.1, 0.15) is 16.7 Å². The van der Waals surface area contributed by atoms with E-state index < -0.39 is 0 Å². The molecule has 0 nitrogen and oxygen atoms in total. The summed E-state index contributed by atoms with van der Waals surface area (Å²) in [7, 11) is 0. The van der Waals surface area contributed by atoms with E-state index in [1.165, 1.54) is 4.90 Å². The van der Waals surface area contributed by atoms with Crippen molar-refractivity contribution in [2.45, 2.75) is 4.90 Å². The van der Waals surface area contributed by atoms with Crippen LogP contribution >= 0.6 is 11.8 Å². The summed E-state index contributed by atoms with van der Waals surface area (Å²) < 4.78 is 13.8. The lowest BCUT2D eigenvalue weighted by molar-refractivity contribution is 0.763. The second-order valence-corrected chi connectivity index (χ2v) is 5.29. The first-order chi connectivity index (χ1) is 9.28. The summed E-state index contributed by atoms with van der Waals surface area (Å²) in [6.45, 7) is 0. The Morgan fingerprint density at radius 1 is 0.947 bits per heavy atom. The SMILES string of the molecule is CSc1ccc(C=C2C=C(F)c3ccccc32)cc1. The average molecular weight is 268 g/mol. The van der Waals surface area contributed by atoms with Crippen LogP contribution in [0.15, 0.2) is 59.5 Å². The van der Waals surface area contributed by atoms with E-state index in [1.807, 2.05) is 30.3 Å². The van der Waals surface area contributed by atoms with Crippen molar-refractivity contribution >= 4 is 29.2 Å². The number of halogens is 1. The van der Waals surface area contributed by atoms with E-state index in [2.05, 4.69) is 30.5 Å². The number of thioether (sulfide) groups is 1. The van der Waals surface area contributed by atoms with Crippen LogP contribution in [0.3, 0.4) is 0 Å². The number of rotatable bonds is 2. The molecule has 1 aliphatic rings. The summed E-state index contributed by atoms with van der Waals surface area (Å²) in [6.07, 6.45) is 5.68. The molecule has 0 fully saturated rings. The zero-order valence-corrected chi connectivity index (χ0v) is 11.4. The van der Waals surface area contributed by atoms with Crippen LogP contribution in [0.5, 0.6) is 0 Å². The van der Waals surface area contributed by atoms with Crippen molar-refractivity contribution in [3.63, 3.8) is 0 Å². The molecule has 2 aromatic carbocycles. The van der Waals surface area contributed by atoms with Crippen molar-refractivity contribution in [1.82, 2.24) is 0 Å². The fourth-order valence-electron chi connectivity index (χ4n) is 2.23. The largest absolute Gasteiger partial charge is 0.206 e. The van der Waals surface area contributed by atoms with Crippen molar-refractivity contribution in [3.8, 4) is 0 Å². The van der Waals surface area contributed by atoms with Gasteiger partial charge in [-0.3, -0.25) is 0 Å². The van der Waals surface area contributed by atoms with E-state index in [1.54, 1.807) is 17.8 Å². The molecule has 0 bridgehead atoms. The topological polar surface area (TPSA) is 0 Å². The maximum Gasteiger partial charge on any atom is 0.131 e. The first-order valence-electron chi connectivity index (χ1n) is 6.10. The van der Waals surface area contributed by atoms with Crippen molar-refractivity contribution in [3.05, 3.63) is 71.3 Å². The van der Waals surface area contributed by atoms with Gasteiger partial charge >= 0.3 is 0 Å². The van der Waals surface area contributed by atoms with Gasteiger partial charge in [0.25, 0.3) is 0 Å². The van der Waals surface area contributed by atoms with Crippen molar-refractivity contribution < 1.29 is 4.39 Å². The highest BCUT2D eigenvalue weighted by Gasteiger charge is 2.17. The quantitative estimate of drug-likeness (QED) is 0.668. The van der Waals surface area contributed by atoms with Crippen LogP contribution in [0, 0.1) is 0 Å². The zero-order valence-electron chi connectivity index (χ0n) is 10.6. The first-order valence-corrected chi connectivity index (χ1v) is 7.33. The van der Waals surface area contributed by atoms with Crippen molar-refractivity contribution in [1.29, 1.82) is 0 Å². The Kier molecular flexibility index (Phi) is 3.26. The first kappa shape index (κ1) is 12.2. The second kappa shape index (κ2) is 5.06. The number of hydrogen-bond acceptors (Lipinski definition) is 1. The molecule has 1 aliphatic carbocycles. The smallest absolute Gasteiger partial charge is 0.131 e. The Bertz CT molecular complexity index is 666. The Balaban J connectivity index is 2.01. The molecule has 0 aromatic heterocycles. The van der Waals surface area contributed by atoms with E-state index in [0.29, 0.717) is 5.56 Å². The zero-order chi connectivity index (χ0) is 13.2. The molecule has 0 saturated carbocycles. The van der Waals surface area contributed by atoms with Crippen LogP contribution in [0.2, 0.25) is 0 Å². The van der Waals surface area contributed by atoms with Gasteiger partial charge in [-0.05, 0) is 47.2 Å². The molecular formula is C17H13FS. The fourth-order valence-corrected chi connectivity index (χ4v) is 2.64. The van der Waals surface area contributed by atoms with Gasteiger partial charge in [-0.1, -0.05) is 36.4 Å². The minimum atomic E-state index is -0.150. The number of allylic oxidation sites excluding steroid dienone is 2. The Morgan fingerprint density at radius 2 is 1.63 bits per heavy atom. The molecular weight excluding hydrogens is 255 g/mol. The van der Waals surface area contributed by atoms with Gasteiger partial charge in [-0.2, -0.15) is 0 Å². The maximum absolute atomic E-state index is 13.8. The van der Waals surface area contributed by atoms with Crippen LogP contribution in [-0.2, 0) is 0 Å². The van der Waals surface area contributed by atoms with E-state index in [4.69, 9.17) is 0 Å². The molecule has 3 rings (SSSR count). The Hall–Kier alpha value is -1.80. The standard InChI is InChI=1S/C17H13FS/c1-19-14-8-6-12(7-9-14)10-13-11-17(18)16-5-3-2-4-15(13)16/h2-11H,1H3. The van der Waals surface area contributed by atoms with Gasteiger partial charge < -0.3 is 0 Å². The van der Waals surface area contributed by atoms with Crippen molar-refractivity contribution in [2.24, 2.45) is 0 Å². The van der Waals surface area contributed by atoms with E-state index >= 15 is 0 Å². The molecule has 94 valence electrons. The van der Waals surface area contributed by atoms with E-state index in [0.717, 1.165) is 16.7 Å². The predicted molar refractivity (Wildman–Crippen MR) is 81.6 cm³/mol.